The van der Waals surface area contributed by atoms with Gasteiger partial charge in [0.2, 0.25) is 0 Å². The second kappa shape index (κ2) is 5.00. The first-order chi connectivity index (χ1) is 10.7. The predicted octanol–water partition coefficient (Wildman–Crippen LogP) is 1.96. The van der Waals surface area contributed by atoms with Crippen LogP contribution in [0.15, 0.2) is 32.6 Å². The lowest BCUT2D eigenvalue weighted by Crippen LogP contribution is -2.64. The third-order valence-corrected chi connectivity index (χ3v) is 4.77. The van der Waals surface area contributed by atoms with Crippen LogP contribution in [0.25, 0.3) is 11.0 Å². The van der Waals surface area contributed by atoms with Gasteiger partial charge in [0.25, 0.3) is 0 Å². The lowest BCUT2D eigenvalue weighted by atomic mass is 9.82. The van der Waals surface area contributed by atoms with Crippen molar-refractivity contribution >= 4 is 16.7 Å². The van der Waals surface area contributed by atoms with Crippen molar-refractivity contribution in [1.29, 1.82) is 0 Å². The number of rotatable bonds is 1. The molecule has 1 fully saturated rings. The number of nitrogens with one attached hydrogen (secondary N) is 2. The van der Waals surface area contributed by atoms with Crippen molar-refractivity contribution in [3.63, 3.8) is 0 Å². The molecule has 2 N–H and O–H groups in total. The van der Waals surface area contributed by atoms with E-state index in [0.717, 1.165) is 48.9 Å². The molecule has 1 spiro atoms. The Kier molecular flexibility index (Phi) is 3.09. The van der Waals surface area contributed by atoms with Crippen molar-refractivity contribution in [2.75, 3.05) is 13.1 Å². The van der Waals surface area contributed by atoms with Gasteiger partial charge in [-0.25, -0.2) is 4.79 Å². The minimum Gasteiger partial charge on any atom is -0.422 e. The first kappa shape index (κ1) is 13.6. The highest BCUT2D eigenvalue weighted by Gasteiger charge is 2.37. The van der Waals surface area contributed by atoms with Crippen molar-refractivity contribution < 1.29 is 4.42 Å². The van der Waals surface area contributed by atoms with Gasteiger partial charge in [-0.05, 0) is 55.2 Å². The van der Waals surface area contributed by atoms with Crippen LogP contribution in [0.1, 0.15) is 24.0 Å². The molecule has 0 radical (unpaired) electrons. The molecule has 1 aliphatic heterocycles. The molecule has 114 valence electrons. The highest BCUT2D eigenvalue weighted by atomic mass is 16.4. The molecule has 0 saturated carbocycles. The Morgan fingerprint density at radius 1 is 1.18 bits per heavy atom. The second-order valence-electron chi connectivity index (χ2n) is 6.08. The molecule has 1 aromatic carbocycles. The van der Waals surface area contributed by atoms with E-state index in [2.05, 4.69) is 15.8 Å². The summed E-state index contributed by atoms with van der Waals surface area (Å²) in [6.45, 7) is 1.94. The molecular weight excluding hydrogens is 282 g/mol. The van der Waals surface area contributed by atoms with Crippen molar-refractivity contribution in [3.05, 3.63) is 44.7 Å². The summed E-state index contributed by atoms with van der Waals surface area (Å²) in [6, 6.07) is 5.02. The maximum Gasteiger partial charge on any atom is 0.339 e. The zero-order valence-corrected chi connectivity index (χ0v) is 12.1. The van der Waals surface area contributed by atoms with Gasteiger partial charge in [-0.1, -0.05) is 0 Å². The van der Waals surface area contributed by atoms with Gasteiger partial charge in [0.15, 0.2) is 0 Å². The Hall–Kier alpha value is -2.05. The molecule has 1 aromatic heterocycles. The topological polar surface area (TPSA) is 83.7 Å². The first-order valence-electron chi connectivity index (χ1n) is 7.63. The van der Waals surface area contributed by atoms with Crippen LogP contribution in [-0.2, 0) is 12.8 Å². The molecule has 4 rings (SSSR count). The van der Waals surface area contributed by atoms with Crippen LogP contribution in [0.4, 0.5) is 5.69 Å². The molecular formula is C16H17N3O3. The van der Waals surface area contributed by atoms with E-state index in [1.54, 1.807) is 6.07 Å². The highest BCUT2D eigenvalue weighted by molar-refractivity contribution is 5.84. The van der Waals surface area contributed by atoms with E-state index < -0.39 is 0 Å². The van der Waals surface area contributed by atoms with E-state index in [4.69, 9.17) is 4.42 Å². The molecule has 0 amide bonds. The SMILES string of the molecule is O=Nc1ccc2c3c(c(=O)oc2c1)CC1(CC3)NCCCN1. The van der Waals surface area contributed by atoms with Gasteiger partial charge in [-0.2, -0.15) is 0 Å². The normalized spacial score (nSPS) is 20.0. The molecule has 0 atom stereocenters. The van der Waals surface area contributed by atoms with Gasteiger partial charge in [-0.15, -0.1) is 4.91 Å². The summed E-state index contributed by atoms with van der Waals surface area (Å²) in [4.78, 5) is 23.0. The molecule has 2 aromatic rings. The number of nitrogens with zero attached hydrogens (tertiary/aromatic N) is 1. The number of fused-ring (bicyclic) bond motifs is 3. The Bertz CT molecular complexity index is 806. The van der Waals surface area contributed by atoms with Gasteiger partial charge in [0, 0.05) is 23.4 Å². The average Bonchev–Trinajstić information content (AvgIpc) is 2.55. The van der Waals surface area contributed by atoms with E-state index in [0.29, 0.717) is 12.0 Å². The van der Waals surface area contributed by atoms with E-state index in [-0.39, 0.29) is 17.0 Å². The predicted molar refractivity (Wildman–Crippen MR) is 83.3 cm³/mol. The maximum atomic E-state index is 12.4. The number of benzene rings is 1. The average molecular weight is 299 g/mol. The van der Waals surface area contributed by atoms with E-state index >= 15 is 0 Å². The summed E-state index contributed by atoms with van der Waals surface area (Å²) in [6.07, 6.45) is 3.48. The number of hydrogen-bond donors (Lipinski definition) is 2. The minimum atomic E-state index is -0.307. The summed E-state index contributed by atoms with van der Waals surface area (Å²) in [5.74, 6) is 0. The van der Waals surface area contributed by atoms with Crippen LogP contribution in [-0.4, -0.2) is 18.8 Å². The van der Waals surface area contributed by atoms with E-state index in [1.165, 1.54) is 6.07 Å². The lowest BCUT2D eigenvalue weighted by Gasteiger charge is -2.42. The van der Waals surface area contributed by atoms with Crippen LogP contribution >= 0.6 is 0 Å². The molecule has 1 aliphatic carbocycles. The van der Waals surface area contributed by atoms with Crippen molar-refractivity contribution in [2.45, 2.75) is 31.3 Å². The monoisotopic (exact) mass is 299 g/mol. The lowest BCUT2D eigenvalue weighted by molar-refractivity contribution is 0.192. The quantitative estimate of drug-likeness (QED) is 0.621. The first-order valence-corrected chi connectivity index (χ1v) is 7.63. The molecule has 0 unspecified atom stereocenters. The smallest absolute Gasteiger partial charge is 0.339 e. The van der Waals surface area contributed by atoms with Crippen LogP contribution in [0.5, 0.6) is 0 Å². The van der Waals surface area contributed by atoms with E-state index in [1.807, 2.05) is 6.07 Å². The number of hydrogen-bond acceptors (Lipinski definition) is 6. The van der Waals surface area contributed by atoms with Gasteiger partial charge < -0.3 is 4.42 Å². The number of nitroso groups, excluding NO2 is 1. The molecule has 6 heteroatoms. The molecule has 22 heavy (non-hydrogen) atoms. The Morgan fingerprint density at radius 2 is 2.00 bits per heavy atom. The summed E-state index contributed by atoms with van der Waals surface area (Å²) in [5.41, 5.74) is 2.02. The summed E-state index contributed by atoms with van der Waals surface area (Å²) >= 11 is 0. The molecule has 6 nitrogen and oxygen atoms in total. The van der Waals surface area contributed by atoms with Gasteiger partial charge in [0.1, 0.15) is 11.3 Å². The maximum absolute atomic E-state index is 12.4. The zero-order valence-electron chi connectivity index (χ0n) is 12.1. The molecule has 2 aliphatic rings. The third kappa shape index (κ3) is 2.07. The fraction of sp³-hybridized carbons (Fsp3) is 0.438. The van der Waals surface area contributed by atoms with Crippen LogP contribution in [0.3, 0.4) is 0 Å². The Labute approximate surface area is 126 Å². The number of aryl methyl sites for hydroxylation is 1. The second-order valence-corrected chi connectivity index (χ2v) is 6.08. The van der Waals surface area contributed by atoms with Crippen LogP contribution in [0.2, 0.25) is 0 Å². The molecule has 0 bridgehead atoms. The largest absolute Gasteiger partial charge is 0.422 e. The van der Waals surface area contributed by atoms with E-state index in [9.17, 15) is 9.70 Å². The Balaban J connectivity index is 1.84. The summed E-state index contributed by atoms with van der Waals surface area (Å²) in [7, 11) is 0. The third-order valence-electron chi connectivity index (χ3n) is 4.77. The minimum absolute atomic E-state index is 0.183. The summed E-state index contributed by atoms with van der Waals surface area (Å²) < 4.78 is 5.43. The fourth-order valence-electron chi connectivity index (χ4n) is 3.65. The molecule has 1 saturated heterocycles. The standard InChI is InChI=1S/C16H17N3O3/c20-15-13-9-16(17-6-1-7-18-16)5-4-11(13)12-3-2-10(19-21)8-14(12)22-15/h2-3,8,17-18H,1,4-7,9H2. The van der Waals surface area contributed by atoms with Crippen molar-refractivity contribution in [2.24, 2.45) is 5.18 Å². The Morgan fingerprint density at radius 3 is 2.77 bits per heavy atom. The van der Waals surface area contributed by atoms with Gasteiger partial charge >= 0.3 is 5.63 Å². The zero-order chi connectivity index (χ0) is 15.2. The highest BCUT2D eigenvalue weighted by Crippen LogP contribution is 2.32. The summed E-state index contributed by atoms with van der Waals surface area (Å²) in [5, 5.41) is 10.9. The van der Waals surface area contributed by atoms with Crippen LogP contribution < -0.4 is 16.3 Å². The molecule has 2 heterocycles. The fourth-order valence-corrected chi connectivity index (χ4v) is 3.65. The van der Waals surface area contributed by atoms with Crippen molar-refractivity contribution in [1.82, 2.24) is 10.6 Å². The van der Waals surface area contributed by atoms with Crippen LogP contribution in [0, 0.1) is 4.91 Å². The van der Waals surface area contributed by atoms with Gasteiger partial charge in [-0.3, -0.25) is 10.6 Å². The van der Waals surface area contributed by atoms with Gasteiger partial charge in [0.05, 0.1) is 5.66 Å². The van der Waals surface area contributed by atoms with Crippen molar-refractivity contribution in [3.8, 4) is 0 Å².